The minimum absolute atomic E-state index is 0.893. The van der Waals surface area contributed by atoms with Crippen LogP contribution in [0.15, 0.2) is 211 Å². The third kappa shape index (κ3) is 4.83. The molecule has 1 aromatic heterocycles. The monoisotopic (exact) mass is 722 g/mol. The van der Waals surface area contributed by atoms with Crippen LogP contribution < -0.4 is 0 Å². The fourth-order valence-corrected chi connectivity index (χ4v) is 9.58. The molecule has 0 aliphatic rings. The SMILES string of the molecule is c1ccc(-c2cc(-c3c4ccccc4c(-c4ccc(-c5cccc6ccccc56)c5ccccc45)c4ccccc34)c3c(c2)oc2ccc4ccccc4c23)cc1. The number of hydrogen-bond donors (Lipinski definition) is 0. The van der Waals surface area contributed by atoms with Gasteiger partial charge in [0.05, 0.1) is 0 Å². The van der Waals surface area contributed by atoms with Crippen LogP contribution in [0.3, 0.4) is 0 Å². The second-order valence-corrected chi connectivity index (χ2v) is 15.1. The molecule has 0 atom stereocenters. The molecule has 0 aliphatic heterocycles. The summed E-state index contributed by atoms with van der Waals surface area (Å²) in [6.07, 6.45) is 0. The van der Waals surface area contributed by atoms with Gasteiger partial charge in [-0.25, -0.2) is 0 Å². The fraction of sp³-hybridized carbons (Fsp3) is 0. The summed E-state index contributed by atoms with van der Waals surface area (Å²) < 4.78 is 6.82. The van der Waals surface area contributed by atoms with Crippen LogP contribution in [0.4, 0.5) is 0 Å². The lowest BCUT2D eigenvalue weighted by molar-refractivity contribution is 0.669. The van der Waals surface area contributed by atoms with Gasteiger partial charge in [-0.05, 0) is 117 Å². The molecule has 0 fully saturated rings. The first-order valence-corrected chi connectivity index (χ1v) is 19.7. The Morgan fingerprint density at radius 2 is 0.737 bits per heavy atom. The lowest BCUT2D eigenvalue weighted by Gasteiger charge is -2.20. The van der Waals surface area contributed by atoms with Gasteiger partial charge in [0.15, 0.2) is 0 Å². The van der Waals surface area contributed by atoms with Gasteiger partial charge in [-0.1, -0.05) is 188 Å². The Morgan fingerprint density at radius 3 is 1.42 bits per heavy atom. The van der Waals surface area contributed by atoms with Crippen LogP contribution in [0, 0.1) is 0 Å². The summed E-state index contributed by atoms with van der Waals surface area (Å²) in [4.78, 5) is 0. The van der Waals surface area contributed by atoms with E-state index in [-0.39, 0.29) is 0 Å². The molecule has 57 heavy (non-hydrogen) atoms. The molecule has 12 aromatic rings. The maximum Gasteiger partial charge on any atom is 0.136 e. The minimum Gasteiger partial charge on any atom is -0.456 e. The van der Waals surface area contributed by atoms with E-state index in [0.717, 1.165) is 33.1 Å². The van der Waals surface area contributed by atoms with Crippen LogP contribution in [0.1, 0.15) is 0 Å². The molecular formula is C56H34O. The van der Waals surface area contributed by atoms with E-state index in [1.807, 2.05) is 0 Å². The van der Waals surface area contributed by atoms with Gasteiger partial charge in [0, 0.05) is 10.8 Å². The quantitative estimate of drug-likeness (QED) is 0.165. The molecule has 1 heterocycles. The van der Waals surface area contributed by atoms with E-state index in [1.54, 1.807) is 0 Å². The second kappa shape index (κ2) is 12.5. The molecular weight excluding hydrogens is 689 g/mol. The normalized spacial score (nSPS) is 11.9. The molecule has 0 radical (unpaired) electrons. The number of furan rings is 1. The van der Waals surface area contributed by atoms with Crippen LogP contribution in [0.2, 0.25) is 0 Å². The molecule has 0 amide bonds. The van der Waals surface area contributed by atoms with Crippen molar-refractivity contribution in [1.29, 1.82) is 0 Å². The highest BCUT2D eigenvalue weighted by atomic mass is 16.3. The Morgan fingerprint density at radius 1 is 0.246 bits per heavy atom. The zero-order valence-corrected chi connectivity index (χ0v) is 31.0. The van der Waals surface area contributed by atoms with Crippen molar-refractivity contribution >= 4 is 75.8 Å². The first kappa shape index (κ1) is 31.8. The average molecular weight is 723 g/mol. The molecule has 0 saturated heterocycles. The summed E-state index contributed by atoms with van der Waals surface area (Å²) in [5, 5.41) is 14.6. The molecule has 1 nitrogen and oxygen atoms in total. The average Bonchev–Trinajstić information content (AvgIpc) is 3.67. The number of benzene rings is 11. The van der Waals surface area contributed by atoms with Gasteiger partial charge in [0.25, 0.3) is 0 Å². The first-order chi connectivity index (χ1) is 28.3. The van der Waals surface area contributed by atoms with Crippen LogP contribution in [-0.2, 0) is 0 Å². The minimum atomic E-state index is 0.893. The zero-order valence-electron chi connectivity index (χ0n) is 31.0. The lowest BCUT2D eigenvalue weighted by Crippen LogP contribution is -1.93. The van der Waals surface area contributed by atoms with Crippen molar-refractivity contribution in [3.63, 3.8) is 0 Å². The Kier molecular flexibility index (Phi) is 7.00. The Hall–Kier alpha value is -7.48. The standard InChI is InChI=1S/C56H34O/c1-2-15-35(16-3-1)38-33-50(56-52(34-38)57-51-32-29-37-18-5-7-21-40(37)55(51)56)54-47-26-12-10-24-45(47)53(46-25-11-13-27-48(46)54)49-31-30-44(42-22-8-9-23-43(42)49)41-28-14-19-36-17-4-6-20-39(36)41/h1-34H. The molecule has 0 N–H and O–H groups in total. The highest BCUT2D eigenvalue weighted by molar-refractivity contribution is 6.30. The van der Waals surface area contributed by atoms with E-state index in [0.29, 0.717) is 0 Å². The molecule has 0 unspecified atom stereocenters. The first-order valence-electron chi connectivity index (χ1n) is 19.7. The Labute approximate surface area is 329 Å². The second-order valence-electron chi connectivity index (χ2n) is 15.1. The molecule has 11 aromatic carbocycles. The summed E-state index contributed by atoms with van der Waals surface area (Å²) in [7, 11) is 0. The smallest absolute Gasteiger partial charge is 0.136 e. The van der Waals surface area contributed by atoms with Crippen molar-refractivity contribution in [2.45, 2.75) is 0 Å². The van der Waals surface area contributed by atoms with Crippen molar-refractivity contribution in [3.05, 3.63) is 206 Å². The van der Waals surface area contributed by atoms with E-state index >= 15 is 0 Å². The van der Waals surface area contributed by atoms with Gasteiger partial charge in [-0.2, -0.15) is 0 Å². The van der Waals surface area contributed by atoms with E-state index in [1.165, 1.54) is 87.2 Å². The summed E-state index contributed by atoms with van der Waals surface area (Å²) in [5.41, 5.74) is 11.5. The third-order valence-electron chi connectivity index (χ3n) is 12.0. The van der Waals surface area contributed by atoms with Gasteiger partial charge in [-0.15, -0.1) is 0 Å². The zero-order chi connectivity index (χ0) is 37.5. The van der Waals surface area contributed by atoms with Crippen molar-refractivity contribution in [2.24, 2.45) is 0 Å². The predicted molar refractivity (Wildman–Crippen MR) is 243 cm³/mol. The lowest BCUT2D eigenvalue weighted by atomic mass is 9.82. The van der Waals surface area contributed by atoms with Gasteiger partial charge in [0.2, 0.25) is 0 Å². The largest absolute Gasteiger partial charge is 0.456 e. The molecule has 264 valence electrons. The van der Waals surface area contributed by atoms with E-state index in [9.17, 15) is 0 Å². The molecule has 0 bridgehead atoms. The number of fused-ring (bicyclic) bond motifs is 9. The highest BCUT2D eigenvalue weighted by Gasteiger charge is 2.23. The molecule has 0 saturated carbocycles. The van der Waals surface area contributed by atoms with Crippen molar-refractivity contribution in [2.75, 3.05) is 0 Å². The summed E-state index contributed by atoms with van der Waals surface area (Å²) in [5.74, 6) is 0. The maximum absolute atomic E-state index is 6.82. The van der Waals surface area contributed by atoms with Crippen LogP contribution in [0.5, 0.6) is 0 Å². The van der Waals surface area contributed by atoms with Gasteiger partial charge in [0.1, 0.15) is 11.2 Å². The topological polar surface area (TPSA) is 13.1 Å². The molecule has 12 rings (SSSR count). The van der Waals surface area contributed by atoms with Crippen LogP contribution >= 0.6 is 0 Å². The van der Waals surface area contributed by atoms with Crippen molar-refractivity contribution in [3.8, 4) is 44.5 Å². The van der Waals surface area contributed by atoms with Crippen molar-refractivity contribution in [1.82, 2.24) is 0 Å². The van der Waals surface area contributed by atoms with Gasteiger partial charge < -0.3 is 4.42 Å². The van der Waals surface area contributed by atoms with E-state index in [2.05, 4.69) is 206 Å². The van der Waals surface area contributed by atoms with Crippen LogP contribution in [-0.4, -0.2) is 0 Å². The van der Waals surface area contributed by atoms with Gasteiger partial charge >= 0.3 is 0 Å². The fourth-order valence-electron chi connectivity index (χ4n) is 9.58. The van der Waals surface area contributed by atoms with Crippen LogP contribution in [0.25, 0.3) is 120 Å². The predicted octanol–water partition coefficient (Wildman–Crippen LogP) is 16.0. The molecule has 0 aliphatic carbocycles. The van der Waals surface area contributed by atoms with E-state index < -0.39 is 0 Å². The summed E-state index contributed by atoms with van der Waals surface area (Å²) >= 11 is 0. The number of rotatable bonds is 4. The maximum atomic E-state index is 6.82. The Bertz CT molecular complexity index is 3510. The van der Waals surface area contributed by atoms with E-state index in [4.69, 9.17) is 4.42 Å². The molecule has 0 spiro atoms. The highest BCUT2D eigenvalue weighted by Crippen LogP contribution is 2.50. The van der Waals surface area contributed by atoms with Crippen molar-refractivity contribution < 1.29 is 4.42 Å². The summed E-state index contributed by atoms with van der Waals surface area (Å²) in [6, 6.07) is 75.3. The summed E-state index contributed by atoms with van der Waals surface area (Å²) in [6.45, 7) is 0. The Balaban J connectivity index is 1.21. The number of hydrogen-bond acceptors (Lipinski definition) is 1. The van der Waals surface area contributed by atoms with Gasteiger partial charge in [-0.3, -0.25) is 0 Å². The molecule has 1 heteroatoms. The third-order valence-corrected chi connectivity index (χ3v) is 12.0.